The Morgan fingerprint density at radius 2 is 1.76 bits per heavy atom. The summed E-state index contributed by atoms with van der Waals surface area (Å²) in [5, 5.41) is 0. The van der Waals surface area contributed by atoms with Crippen molar-refractivity contribution < 1.29 is 13.9 Å². The van der Waals surface area contributed by atoms with E-state index in [-0.39, 0.29) is 5.82 Å². The molecule has 0 aliphatic carbocycles. The molecule has 0 spiro atoms. The number of nitrogen functional groups attached to an aromatic ring is 1. The minimum absolute atomic E-state index is 0.357. The lowest BCUT2D eigenvalue weighted by Gasteiger charge is -2.11. The van der Waals surface area contributed by atoms with Crippen LogP contribution >= 0.6 is 0 Å². The number of ether oxygens (including phenoxy) is 2. The van der Waals surface area contributed by atoms with Crippen LogP contribution in [0.5, 0.6) is 17.2 Å². The zero-order valence-electron chi connectivity index (χ0n) is 9.31. The van der Waals surface area contributed by atoms with E-state index in [0.717, 1.165) is 0 Å². The number of benzene rings is 2. The lowest BCUT2D eigenvalue weighted by Crippen LogP contribution is -1.96. The summed E-state index contributed by atoms with van der Waals surface area (Å²) in [6, 6.07) is 11.0. The highest BCUT2D eigenvalue weighted by Crippen LogP contribution is 2.34. The highest BCUT2D eigenvalue weighted by molar-refractivity contribution is 5.63. The number of halogens is 1. The van der Waals surface area contributed by atoms with Gasteiger partial charge >= 0.3 is 0 Å². The number of methoxy groups -OCH3 is 1. The Morgan fingerprint density at radius 1 is 1.06 bits per heavy atom. The molecule has 0 fully saturated rings. The third-order valence-corrected chi connectivity index (χ3v) is 2.27. The fourth-order valence-corrected chi connectivity index (χ4v) is 1.45. The molecule has 0 aliphatic heterocycles. The normalized spacial score (nSPS) is 10.0. The van der Waals surface area contributed by atoms with Crippen LogP contribution in [0.3, 0.4) is 0 Å². The smallest absolute Gasteiger partial charge is 0.154 e. The predicted octanol–water partition coefficient (Wildman–Crippen LogP) is 3.21. The Labute approximate surface area is 98.6 Å². The number of para-hydroxylation sites is 1. The fourth-order valence-electron chi connectivity index (χ4n) is 1.45. The van der Waals surface area contributed by atoms with Gasteiger partial charge in [-0.15, -0.1) is 0 Å². The van der Waals surface area contributed by atoms with Crippen LogP contribution in [0.2, 0.25) is 0 Å². The summed E-state index contributed by atoms with van der Waals surface area (Å²) in [4.78, 5) is 0. The van der Waals surface area contributed by atoms with E-state index in [0.29, 0.717) is 22.9 Å². The van der Waals surface area contributed by atoms with Crippen molar-refractivity contribution in [1.82, 2.24) is 0 Å². The number of hydrogen-bond donors (Lipinski definition) is 1. The molecular weight excluding hydrogens is 221 g/mol. The number of anilines is 1. The van der Waals surface area contributed by atoms with Gasteiger partial charge in [0.25, 0.3) is 0 Å². The van der Waals surface area contributed by atoms with E-state index in [9.17, 15) is 4.39 Å². The molecular formula is C13H12FNO2. The van der Waals surface area contributed by atoms with Crippen LogP contribution in [0.1, 0.15) is 0 Å². The molecule has 4 heteroatoms. The Balaban J connectivity index is 2.30. The summed E-state index contributed by atoms with van der Waals surface area (Å²) in [6.07, 6.45) is 0. The second kappa shape index (κ2) is 4.74. The van der Waals surface area contributed by atoms with Crippen molar-refractivity contribution in [1.29, 1.82) is 0 Å². The maximum atomic E-state index is 13.0. The van der Waals surface area contributed by atoms with Gasteiger partial charge < -0.3 is 15.2 Å². The van der Waals surface area contributed by atoms with Gasteiger partial charge in [0.1, 0.15) is 23.0 Å². The highest BCUT2D eigenvalue weighted by Gasteiger charge is 2.07. The first-order chi connectivity index (χ1) is 8.20. The van der Waals surface area contributed by atoms with E-state index < -0.39 is 0 Å². The molecule has 2 N–H and O–H groups in total. The minimum atomic E-state index is -0.357. The molecule has 2 aromatic rings. The van der Waals surface area contributed by atoms with Crippen LogP contribution in [-0.4, -0.2) is 7.11 Å². The van der Waals surface area contributed by atoms with Gasteiger partial charge in [0.2, 0.25) is 0 Å². The van der Waals surface area contributed by atoms with Crippen molar-refractivity contribution in [2.45, 2.75) is 0 Å². The molecule has 0 unspecified atom stereocenters. The van der Waals surface area contributed by atoms with Crippen molar-refractivity contribution >= 4 is 5.69 Å². The van der Waals surface area contributed by atoms with Crippen molar-refractivity contribution in [3.05, 3.63) is 48.3 Å². The molecule has 0 saturated heterocycles. The molecule has 2 rings (SSSR count). The second-order valence-electron chi connectivity index (χ2n) is 3.43. The van der Waals surface area contributed by atoms with Gasteiger partial charge in [-0.1, -0.05) is 12.1 Å². The first-order valence-corrected chi connectivity index (χ1v) is 5.06. The van der Waals surface area contributed by atoms with Crippen molar-refractivity contribution in [3.63, 3.8) is 0 Å². The van der Waals surface area contributed by atoms with Crippen LogP contribution in [0.25, 0.3) is 0 Å². The summed E-state index contributed by atoms with van der Waals surface area (Å²) in [5.41, 5.74) is 6.22. The van der Waals surface area contributed by atoms with Gasteiger partial charge in [0.15, 0.2) is 5.75 Å². The predicted molar refractivity (Wildman–Crippen MR) is 63.9 cm³/mol. The Kier molecular flexibility index (Phi) is 3.14. The molecule has 0 bridgehead atoms. The van der Waals surface area contributed by atoms with Gasteiger partial charge in [-0.2, -0.15) is 0 Å². The average Bonchev–Trinajstić information content (AvgIpc) is 2.32. The molecule has 0 atom stereocenters. The Morgan fingerprint density at radius 3 is 2.47 bits per heavy atom. The minimum Gasteiger partial charge on any atom is -0.494 e. The third kappa shape index (κ3) is 2.47. The zero-order chi connectivity index (χ0) is 12.3. The molecule has 0 aromatic heterocycles. The average molecular weight is 233 g/mol. The summed E-state index contributed by atoms with van der Waals surface area (Å²) in [7, 11) is 1.53. The first kappa shape index (κ1) is 11.3. The van der Waals surface area contributed by atoms with Gasteiger partial charge in [0, 0.05) is 6.07 Å². The molecule has 0 saturated carbocycles. The summed E-state index contributed by atoms with van der Waals surface area (Å²) < 4.78 is 23.5. The monoisotopic (exact) mass is 233 g/mol. The topological polar surface area (TPSA) is 44.5 Å². The van der Waals surface area contributed by atoms with E-state index >= 15 is 0 Å². The lowest BCUT2D eigenvalue weighted by molar-refractivity contribution is 0.412. The standard InChI is InChI=1S/C13H12FNO2/c1-16-11-6-3-7-12(13(11)15)17-10-5-2-4-9(14)8-10/h2-8H,15H2,1H3. The van der Waals surface area contributed by atoms with Gasteiger partial charge in [-0.25, -0.2) is 4.39 Å². The van der Waals surface area contributed by atoms with Gasteiger partial charge in [0.05, 0.1) is 7.11 Å². The molecule has 2 aromatic carbocycles. The van der Waals surface area contributed by atoms with Crippen LogP contribution in [0, 0.1) is 5.82 Å². The van der Waals surface area contributed by atoms with Crippen LogP contribution in [0.4, 0.5) is 10.1 Å². The number of nitrogens with two attached hydrogens (primary N) is 1. The van der Waals surface area contributed by atoms with E-state index in [2.05, 4.69) is 0 Å². The Hall–Kier alpha value is -2.23. The first-order valence-electron chi connectivity index (χ1n) is 5.06. The molecule has 88 valence electrons. The summed E-state index contributed by atoms with van der Waals surface area (Å²) in [6.45, 7) is 0. The lowest BCUT2D eigenvalue weighted by atomic mass is 10.2. The SMILES string of the molecule is COc1cccc(Oc2cccc(F)c2)c1N. The zero-order valence-corrected chi connectivity index (χ0v) is 9.31. The van der Waals surface area contributed by atoms with E-state index in [1.165, 1.54) is 19.2 Å². The third-order valence-electron chi connectivity index (χ3n) is 2.27. The van der Waals surface area contributed by atoms with Crippen molar-refractivity contribution in [3.8, 4) is 17.2 Å². The maximum absolute atomic E-state index is 13.0. The number of rotatable bonds is 3. The summed E-state index contributed by atoms with van der Waals surface area (Å²) in [5.74, 6) is 1.00. The van der Waals surface area contributed by atoms with Gasteiger partial charge in [-0.3, -0.25) is 0 Å². The molecule has 0 amide bonds. The van der Waals surface area contributed by atoms with E-state index in [1.807, 2.05) is 0 Å². The van der Waals surface area contributed by atoms with Crippen molar-refractivity contribution in [2.24, 2.45) is 0 Å². The van der Waals surface area contributed by atoms with Crippen molar-refractivity contribution in [2.75, 3.05) is 12.8 Å². The Bertz CT molecular complexity index is 529. The molecule has 0 aliphatic rings. The van der Waals surface area contributed by atoms with Crippen LogP contribution in [-0.2, 0) is 0 Å². The number of hydrogen-bond acceptors (Lipinski definition) is 3. The molecule has 17 heavy (non-hydrogen) atoms. The van der Waals surface area contributed by atoms with E-state index in [4.69, 9.17) is 15.2 Å². The highest BCUT2D eigenvalue weighted by atomic mass is 19.1. The van der Waals surface area contributed by atoms with Gasteiger partial charge in [-0.05, 0) is 24.3 Å². The largest absolute Gasteiger partial charge is 0.494 e. The molecule has 0 radical (unpaired) electrons. The van der Waals surface area contributed by atoms with E-state index in [1.54, 1.807) is 30.3 Å². The van der Waals surface area contributed by atoms with Crippen LogP contribution < -0.4 is 15.2 Å². The fraction of sp³-hybridized carbons (Fsp3) is 0.0769. The maximum Gasteiger partial charge on any atom is 0.154 e. The second-order valence-corrected chi connectivity index (χ2v) is 3.43. The quantitative estimate of drug-likeness (QED) is 0.828. The summed E-state index contributed by atoms with van der Waals surface area (Å²) >= 11 is 0. The van der Waals surface area contributed by atoms with Crippen LogP contribution in [0.15, 0.2) is 42.5 Å². The molecule has 0 heterocycles. The molecule has 3 nitrogen and oxygen atoms in total.